The summed E-state index contributed by atoms with van der Waals surface area (Å²) in [4.78, 5) is 12.0. The molecular formula is C18H16N2O2. The number of carbonyl (C=O) groups is 1. The lowest BCUT2D eigenvalue weighted by Gasteiger charge is -2.03. The second-order valence-corrected chi connectivity index (χ2v) is 4.58. The third-order valence-electron chi connectivity index (χ3n) is 2.97. The minimum absolute atomic E-state index is 0.233. The molecule has 0 aliphatic carbocycles. The average Bonchev–Trinajstić information content (AvgIpc) is 2.54. The number of hydrazone groups is 1. The normalized spacial score (nSPS) is 10.2. The summed E-state index contributed by atoms with van der Waals surface area (Å²) in [7, 11) is 0. The Morgan fingerprint density at radius 2 is 2.00 bits per heavy atom. The van der Waals surface area contributed by atoms with Gasteiger partial charge in [-0.1, -0.05) is 24.1 Å². The first-order valence-electron chi connectivity index (χ1n) is 6.76. The van der Waals surface area contributed by atoms with Crippen LogP contribution in [0.4, 0.5) is 0 Å². The SMILES string of the molecule is C#CCOc1ccc(/C=N/NC(=O)c2ccccc2C)cc1. The highest BCUT2D eigenvalue weighted by molar-refractivity contribution is 5.96. The molecule has 0 spiro atoms. The number of benzene rings is 2. The Morgan fingerprint density at radius 3 is 2.68 bits per heavy atom. The van der Waals surface area contributed by atoms with E-state index in [0.717, 1.165) is 11.1 Å². The van der Waals surface area contributed by atoms with Gasteiger partial charge >= 0.3 is 0 Å². The number of amides is 1. The number of terminal acetylenes is 1. The molecule has 4 nitrogen and oxygen atoms in total. The second kappa shape index (κ2) is 7.65. The molecule has 0 saturated heterocycles. The van der Waals surface area contributed by atoms with Crippen LogP contribution < -0.4 is 10.2 Å². The van der Waals surface area contributed by atoms with Crippen molar-refractivity contribution in [2.24, 2.45) is 5.10 Å². The van der Waals surface area contributed by atoms with Crippen molar-refractivity contribution in [3.8, 4) is 18.1 Å². The monoisotopic (exact) mass is 292 g/mol. The fraction of sp³-hybridized carbons (Fsp3) is 0.111. The van der Waals surface area contributed by atoms with Crippen LogP contribution in [0.25, 0.3) is 0 Å². The number of hydrogen-bond acceptors (Lipinski definition) is 3. The first-order valence-corrected chi connectivity index (χ1v) is 6.76. The summed E-state index contributed by atoms with van der Waals surface area (Å²) in [6.45, 7) is 2.12. The van der Waals surface area contributed by atoms with Gasteiger partial charge in [0.05, 0.1) is 6.21 Å². The van der Waals surface area contributed by atoms with Crippen LogP contribution in [0.15, 0.2) is 53.6 Å². The van der Waals surface area contributed by atoms with E-state index in [9.17, 15) is 4.79 Å². The van der Waals surface area contributed by atoms with Crippen LogP contribution in [0.2, 0.25) is 0 Å². The van der Waals surface area contributed by atoms with E-state index in [1.165, 1.54) is 0 Å². The minimum atomic E-state index is -0.233. The number of rotatable bonds is 5. The van der Waals surface area contributed by atoms with Gasteiger partial charge in [-0.15, -0.1) is 6.42 Å². The Morgan fingerprint density at radius 1 is 1.27 bits per heavy atom. The molecule has 2 aromatic carbocycles. The van der Waals surface area contributed by atoms with Crippen LogP contribution in [0, 0.1) is 19.3 Å². The molecule has 0 radical (unpaired) electrons. The van der Waals surface area contributed by atoms with Crippen molar-refractivity contribution in [1.29, 1.82) is 0 Å². The zero-order valence-electron chi connectivity index (χ0n) is 12.2. The lowest BCUT2D eigenvalue weighted by Crippen LogP contribution is -2.18. The minimum Gasteiger partial charge on any atom is -0.481 e. The Balaban J connectivity index is 1.94. The average molecular weight is 292 g/mol. The van der Waals surface area contributed by atoms with Crippen LogP contribution in [-0.4, -0.2) is 18.7 Å². The maximum Gasteiger partial charge on any atom is 0.271 e. The highest BCUT2D eigenvalue weighted by Gasteiger charge is 2.05. The molecule has 0 atom stereocenters. The maximum atomic E-state index is 12.0. The molecule has 1 amide bonds. The number of carbonyl (C=O) groups excluding carboxylic acids is 1. The van der Waals surface area contributed by atoms with Crippen LogP contribution in [0.1, 0.15) is 21.5 Å². The topological polar surface area (TPSA) is 50.7 Å². The van der Waals surface area contributed by atoms with Gasteiger partial charge in [-0.05, 0) is 48.4 Å². The fourth-order valence-electron chi connectivity index (χ4n) is 1.83. The lowest BCUT2D eigenvalue weighted by atomic mass is 10.1. The molecule has 0 fully saturated rings. The van der Waals surface area contributed by atoms with E-state index < -0.39 is 0 Å². The highest BCUT2D eigenvalue weighted by atomic mass is 16.5. The molecule has 110 valence electrons. The number of ether oxygens (including phenoxy) is 1. The van der Waals surface area contributed by atoms with E-state index >= 15 is 0 Å². The molecule has 2 rings (SSSR count). The first-order chi connectivity index (χ1) is 10.7. The number of aryl methyl sites for hydroxylation is 1. The Labute approximate surface area is 129 Å². The van der Waals surface area contributed by atoms with Crippen molar-refractivity contribution in [1.82, 2.24) is 5.43 Å². The van der Waals surface area contributed by atoms with Crippen molar-refractivity contribution in [2.75, 3.05) is 6.61 Å². The summed E-state index contributed by atoms with van der Waals surface area (Å²) in [5.41, 5.74) is 4.87. The summed E-state index contributed by atoms with van der Waals surface area (Å²) in [6.07, 6.45) is 6.69. The fourth-order valence-corrected chi connectivity index (χ4v) is 1.83. The van der Waals surface area contributed by atoms with Gasteiger partial charge in [-0.2, -0.15) is 5.10 Å². The maximum absolute atomic E-state index is 12.0. The molecule has 0 aliphatic rings. The molecule has 0 saturated carbocycles. The van der Waals surface area contributed by atoms with E-state index in [1.54, 1.807) is 24.4 Å². The third kappa shape index (κ3) is 4.22. The first kappa shape index (κ1) is 15.3. The standard InChI is InChI=1S/C18H16N2O2/c1-3-12-22-16-10-8-15(9-11-16)13-19-20-18(21)17-7-5-4-6-14(17)2/h1,4-11,13H,12H2,2H3,(H,20,21)/b19-13+. The van der Waals surface area contributed by atoms with E-state index in [-0.39, 0.29) is 12.5 Å². The summed E-state index contributed by atoms with van der Waals surface area (Å²) in [6, 6.07) is 14.6. The zero-order chi connectivity index (χ0) is 15.8. The van der Waals surface area contributed by atoms with Gasteiger partial charge in [0, 0.05) is 5.56 Å². The van der Waals surface area contributed by atoms with Gasteiger partial charge in [0.2, 0.25) is 0 Å². The van der Waals surface area contributed by atoms with Crippen molar-refractivity contribution >= 4 is 12.1 Å². The van der Waals surface area contributed by atoms with Crippen molar-refractivity contribution < 1.29 is 9.53 Å². The van der Waals surface area contributed by atoms with Crippen molar-refractivity contribution in [2.45, 2.75) is 6.92 Å². The molecule has 2 aromatic rings. The predicted octanol–water partition coefficient (Wildman–Crippen LogP) is 2.77. The van der Waals surface area contributed by atoms with Crippen LogP contribution in [0.3, 0.4) is 0 Å². The third-order valence-corrected chi connectivity index (χ3v) is 2.97. The smallest absolute Gasteiger partial charge is 0.271 e. The number of hydrogen-bond donors (Lipinski definition) is 1. The Hall–Kier alpha value is -3.06. The molecule has 22 heavy (non-hydrogen) atoms. The van der Waals surface area contributed by atoms with Crippen LogP contribution >= 0.6 is 0 Å². The van der Waals surface area contributed by atoms with Gasteiger partial charge < -0.3 is 4.74 Å². The molecule has 0 aromatic heterocycles. The summed E-state index contributed by atoms with van der Waals surface area (Å²) >= 11 is 0. The van der Waals surface area contributed by atoms with Gasteiger partial charge in [-0.25, -0.2) is 5.43 Å². The Kier molecular flexibility index (Phi) is 5.33. The molecule has 0 unspecified atom stereocenters. The predicted molar refractivity (Wildman–Crippen MR) is 87.0 cm³/mol. The van der Waals surface area contributed by atoms with Crippen LogP contribution in [-0.2, 0) is 0 Å². The number of nitrogens with one attached hydrogen (secondary N) is 1. The highest BCUT2D eigenvalue weighted by Crippen LogP contribution is 2.10. The van der Waals surface area contributed by atoms with Gasteiger partial charge in [0.1, 0.15) is 12.4 Å². The Bertz CT molecular complexity index is 713. The molecule has 0 aliphatic heterocycles. The van der Waals surface area contributed by atoms with Crippen molar-refractivity contribution in [3.63, 3.8) is 0 Å². The second-order valence-electron chi connectivity index (χ2n) is 4.58. The molecule has 0 bridgehead atoms. The molecule has 4 heteroatoms. The van der Waals surface area contributed by atoms with E-state index in [2.05, 4.69) is 16.4 Å². The molecular weight excluding hydrogens is 276 g/mol. The van der Waals surface area contributed by atoms with Gasteiger partial charge in [0.15, 0.2) is 0 Å². The quantitative estimate of drug-likeness (QED) is 0.523. The van der Waals surface area contributed by atoms with E-state index in [1.807, 2.05) is 37.3 Å². The summed E-state index contributed by atoms with van der Waals surface area (Å²) < 4.78 is 5.27. The number of nitrogens with zero attached hydrogens (tertiary/aromatic N) is 1. The van der Waals surface area contributed by atoms with Gasteiger partial charge in [0.25, 0.3) is 5.91 Å². The van der Waals surface area contributed by atoms with E-state index in [0.29, 0.717) is 11.3 Å². The van der Waals surface area contributed by atoms with Crippen LogP contribution in [0.5, 0.6) is 5.75 Å². The molecule has 0 heterocycles. The summed E-state index contributed by atoms with van der Waals surface area (Å²) in [5, 5.41) is 3.95. The summed E-state index contributed by atoms with van der Waals surface area (Å²) in [5.74, 6) is 2.86. The van der Waals surface area contributed by atoms with E-state index in [4.69, 9.17) is 11.2 Å². The lowest BCUT2D eigenvalue weighted by molar-refractivity contribution is 0.0954. The largest absolute Gasteiger partial charge is 0.481 e. The molecule has 1 N–H and O–H groups in total. The van der Waals surface area contributed by atoms with Crippen molar-refractivity contribution in [3.05, 3.63) is 65.2 Å². The zero-order valence-corrected chi connectivity index (χ0v) is 12.2. The van der Waals surface area contributed by atoms with Gasteiger partial charge in [-0.3, -0.25) is 4.79 Å².